The minimum absolute atomic E-state index is 0.214. The molecule has 88 valence electrons. The summed E-state index contributed by atoms with van der Waals surface area (Å²) in [6.07, 6.45) is 1.68. The quantitative estimate of drug-likeness (QED) is 0.831. The number of anilines is 2. The zero-order valence-corrected chi connectivity index (χ0v) is 10.6. The molecule has 0 aliphatic heterocycles. The average molecular weight is 268 g/mol. The van der Waals surface area contributed by atoms with Crippen molar-refractivity contribution in [2.45, 2.75) is 10.1 Å². The summed E-state index contributed by atoms with van der Waals surface area (Å²) < 4.78 is 0. The van der Waals surface area contributed by atoms with Crippen LogP contribution in [0.4, 0.5) is 11.8 Å². The van der Waals surface area contributed by atoms with Gasteiger partial charge in [-0.25, -0.2) is 9.97 Å². The summed E-state index contributed by atoms with van der Waals surface area (Å²) in [4.78, 5) is 12.3. The number of nitrogens with zero attached hydrogens (tertiary/aromatic N) is 3. The lowest BCUT2D eigenvalue weighted by atomic mass is 10.5. The maximum atomic E-state index is 6.01. The Bertz CT molecular complexity index is 534. The number of pyridine rings is 1. The fourth-order valence-electron chi connectivity index (χ4n) is 1.17. The summed E-state index contributed by atoms with van der Waals surface area (Å²) in [7, 11) is 1.77. The highest BCUT2D eigenvalue weighted by Gasteiger charge is 2.07. The molecule has 0 aliphatic rings. The second-order valence-electron chi connectivity index (χ2n) is 3.09. The number of nitrogen functional groups attached to an aromatic ring is 1. The Morgan fingerprint density at radius 1 is 1.41 bits per heavy atom. The van der Waals surface area contributed by atoms with E-state index in [1.54, 1.807) is 31.4 Å². The highest BCUT2D eigenvalue weighted by atomic mass is 35.5. The van der Waals surface area contributed by atoms with E-state index in [-0.39, 0.29) is 5.95 Å². The molecule has 7 heteroatoms. The second kappa shape index (κ2) is 5.20. The van der Waals surface area contributed by atoms with Gasteiger partial charge in [0.25, 0.3) is 0 Å². The van der Waals surface area contributed by atoms with Gasteiger partial charge in [0.05, 0.1) is 5.02 Å². The van der Waals surface area contributed by atoms with Gasteiger partial charge in [-0.05, 0) is 23.9 Å². The molecule has 0 saturated heterocycles. The summed E-state index contributed by atoms with van der Waals surface area (Å²) in [5.41, 5.74) is 5.60. The first-order valence-corrected chi connectivity index (χ1v) is 5.99. The Labute approximate surface area is 108 Å². The largest absolute Gasteiger partial charge is 0.373 e. The third kappa shape index (κ3) is 2.98. The number of aromatic nitrogens is 3. The van der Waals surface area contributed by atoms with Gasteiger partial charge in [-0.3, -0.25) is 0 Å². The van der Waals surface area contributed by atoms with Crippen molar-refractivity contribution < 1.29 is 0 Å². The molecule has 5 nitrogen and oxygen atoms in total. The van der Waals surface area contributed by atoms with Crippen molar-refractivity contribution in [3.63, 3.8) is 0 Å². The molecule has 0 amide bonds. The van der Waals surface area contributed by atoms with Crippen LogP contribution in [0.2, 0.25) is 5.02 Å². The fraction of sp³-hybridized carbons (Fsp3) is 0.100. The number of halogens is 1. The smallest absolute Gasteiger partial charge is 0.223 e. The molecule has 2 rings (SSSR count). The third-order valence-electron chi connectivity index (χ3n) is 1.90. The standard InChI is InChI=1S/C10H10ClN5S/c1-13-7-5-8(16-10(12)15-7)17-9-6(11)3-2-4-14-9/h2-5H,1H3,(H3,12,13,15,16). The van der Waals surface area contributed by atoms with Gasteiger partial charge in [-0.2, -0.15) is 4.98 Å². The highest BCUT2D eigenvalue weighted by Crippen LogP contribution is 2.30. The molecule has 0 atom stereocenters. The first kappa shape index (κ1) is 11.9. The maximum Gasteiger partial charge on any atom is 0.223 e. The zero-order chi connectivity index (χ0) is 12.3. The molecular weight excluding hydrogens is 258 g/mol. The number of nitrogens with one attached hydrogen (secondary N) is 1. The van der Waals surface area contributed by atoms with Crippen molar-refractivity contribution in [1.82, 2.24) is 15.0 Å². The molecule has 0 radical (unpaired) electrons. The molecule has 2 aromatic heterocycles. The van der Waals surface area contributed by atoms with E-state index >= 15 is 0 Å². The molecule has 0 spiro atoms. The van der Waals surface area contributed by atoms with Gasteiger partial charge < -0.3 is 11.1 Å². The van der Waals surface area contributed by atoms with Gasteiger partial charge in [-0.15, -0.1) is 0 Å². The van der Waals surface area contributed by atoms with Crippen molar-refractivity contribution in [1.29, 1.82) is 0 Å². The normalized spacial score (nSPS) is 10.2. The van der Waals surface area contributed by atoms with Gasteiger partial charge in [-0.1, -0.05) is 11.6 Å². The molecule has 0 saturated carbocycles. The van der Waals surface area contributed by atoms with Crippen LogP contribution >= 0.6 is 23.4 Å². The lowest BCUT2D eigenvalue weighted by molar-refractivity contribution is 1.05. The van der Waals surface area contributed by atoms with E-state index in [1.165, 1.54) is 11.8 Å². The van der Waals surface area contributed by atoms with E-state index in [0.717, 1.165) is 0 Å². The van der Waals surface area contributed by atoms with Crippen LogP contribution in [0.5, 0.6) is 0 Å². The first-order chi connectivity index (χ1) is 8.19. The molecule has 3 N–H and O–H groups in total. The van der Waals surface area contributed by atoms with Gasteiger partial charge in [0.1, 0.15) is 15.9 Å². The lowest BCUT2D eigenvalue weighted by Crippen LogP contribution is -2.00. The van der Waals surface area contributed by atoms with Gasteiger partial charge in [0.15, 0.2) is 0 Å². The zero-order valence-electron chi connectivity index (χ0n) is 9.01. The molecule has 0 fully saturated rings. The molecule has 0 aliphatic carbocycles. The lowest BCUT2D eigenvalue weighted by Gasteiger charge is -2.05. The van der Waals surface area contributed by atoms with Crippen molar-refractivity contribution in [2.75, 3.05) is 18.1 Å². The van der Waals surface area contributed by atoms with Crippen LogP contribution in [0.3, 0.4) is 0 Å². The Kier molecular flexibility index (Phi) is 3.65. The van der Waals surface area contributed by atoms with Crippen LogP contribution < -0.4 is 11.1 Å². The monoisotopic (exact) mass is 267 g/mol. The number of nitrogens with two attached hydrogens (primary N) is 1. The predicted molar refractivity (Wildman–Crippen MR) is 69.4 cm³/mol. The first-order valence-electron chi connectivity index (χ1n) is 4.79. The number of hydrogen-bond donors (Lipinski definition) is 2. The molecule has 2 heterocycles. The van der Waals surface area contributed by atoms with E-state index in [1.807, 2.05) is 0 Å². The van der Waals surface area contributed by atoms with Crippen LogP contribution in [0, 0.1) is 0 Å². The van der Waals surface area contributed by atoms with Crippen LogP contribution in [-0.2, 0) is 0 Å². The van der Waals surface area contributed by atoms with Crippen LogP contribution in [0.25, 0.3) is 0 Å². The summed E-state index contributed by atoms with van der Waals surface area (Å²) in [6, 6.07) is 5.34. The van der Waals surface area contributed by atoms with Crippen molar-refractivity contribution in [3.05, 3.63) is 29.4 Å². The Hall–Kier alpha value is -1.53. The van der Waals surface area contributed by atoms with E-state index in [0.29, 0.717) is 20.9 Å². The van der Waals surface area contributed by atoms with Gasteiger partial charge in [0, 0.05) is 19.3 Å². The van der Waals surface area contributed by atoms with E-state index < -0.39 is 0 Å². The molecule has 2 aromatic rings. The SMILES string of the molecule is CNc1cc(Sc2ncccc2Cl)nc(N)n1. The van der Waals surface area contributed by atoms with Gasteiger partial charge >= 0.3 is 0 Å². The summed E-state index contributed by atoms with van der Waals surface area (Å²) in [6.45, 7) is 0. The molecular formula is C10H10ClN5S. The molecule has 17 heavy (non-hydrogen) atoms. The summed E-state index contributed by atoms with van der Waals surface area (Å²) in [5, 5.41) is 4.88. The van der Waals surface area contributed by atoms with E-state index in [9.17, 15) is 0 Å². The highest BCUT2D eigenvalue weighted by molar-refractivity contribution is 7.99. The van der Waals surface area contributed by atoms with Crippen molar-refractivity contribution >= 4 is 35.1 Å². The minimum atomic E-state index is 0.214. The van der Waals surface area contributed by atoms with Gasteiger partial charge in [0.2, 0.25) is 5.95 Å². The van der Waals surface area contributed by atoms with Crippen LogP contribution in [0.15, 0.2) is 34.4 Å². The second-order valence-corrected chi connectivity index (χ2v) is 4.51. The topological polar surface area (TPSA) is 76.7 Å². The minimum Gasteiger partial charge on any atom is -0.373 e. The summed E-state index contributed by atoms with van der Waals surface area (Å²) in [5.74, 6) is 0.874. The number of hydrogen-bond acceptors (Lipinski definition) is 6. The van der Waals surface area contributed by atoms with E-state index in [4.69, 9.17) is 17.3 Å². The Morgan fingerprint density at radius 2 is 2.24 bits per heavy atom. The average Bonchev–Trinajstić information content (AvgIpc) is 2.31. The Balaban J connectivity index is 2.30. The third-order valence-corrected chi connectivity index (χ3v) is 3.26. The predicted octanol–water partition coefficient (Wildman–Crippen LogP) is 2.30. The van der Waals surface area contributed by atoms with Crippen molar-refractivity contribution in [2.24, 2.45) is 0 Å². The van der Waals surface area contributed by atoms with Crippen molar-refractivity contribution in [3.8, 4) is 0 Å². The van der Waals surface area contributed by atoms with E-state index in [2.05, 4.69) is 20.3 Å². The fourth-order valence-corrected chi connectivity index (χ4v) is 2.19. The number of rotatable bonds is 3. The molecule has 0 bridgehead atoms. The molecule has 0 aromatic carbocycles. The van der Waals surface area contributed by atoms with Crippen LogP contribution in [-0.4, -0.2) is 22.0 Å². The molecule has 0 unspecified atom stereocenters. The maximum absolute atomic E-state index is 6.01. The Morgan fingerprint density at radius 3 is 2.94 bits per heavy atom. The van der Waals surface area contributed by atoms with Crippen LogP contribution in [0.1, 0.15) is 0 Å². The summed E-state index contributed by atoms with van der Waals surface area (Å²) >= 11 is 7.36.